The lowest BCUT2D eigenvalue weighted by atomic mass is 10.1. The normalized spacial score (nSPS) is 11.8. The fourth-order valence-electron chi connectivity index (χ4n) is 3.11. The van der Waals surface area contributed by atoms with Gasteiger partial charge in [-0.3, -0.25) is 9.59 Å². The molecule has 0 aliphatic heterocycles. The zero-order valence-electron chi connectivity index (χ0n) is 18.2. The summed E-state index contributed by atoms with van der Waals surface area (Å²) in [5.74, 6) is -2.56. The van der Waals surface area contributed by atoms with Crippen LogP contribution < -0.4 is 0 Å². The molecule has 10 heteroatoms. The third-order valence-corrected chi connectivity index (χ3v) is 6.34. The Hall–Kier alpha value is -2.88. The van der Waals surface area contributed by atoms with Crippen molar-refractivity contribution >= 4 is 21.7 Å². The van der Waals surface area contributed by atoms with Crippen LogP contribution in [0, 0.1) is 0 Å². The number of hydrogen-bond donors (Lipinski definition) is 0. The van der Waals surface area contributed by atoms with Crippen molar-refractivity contribution in [2.45, 2.75) is 32.5 Å². The minimum Gasteiger partial charge on any atom is -0.465 e. The minimum absolute atomic E-state index is 0.0684. The quantitative estimate of drug-likeness (QED) is 0.454. The highest BCUT2D eigenvalue weighted by Crippen LogP contribution is 2.29. The summed E-state index contributed by atoms with van der Waals surface area (Å²) in [5, 5.41) is 0. The van der Waals surface area contributed by atoms with Gasteiger partial charge in [0.15, 0.2) is 9.84 Å². The number of hydrogen-bond acceptors (Lipinski definition) is 5. The van der Waals surface area contributed by atoms with E-state index in [2.05, 4.69) is 0 Å². The predicted molar refractivity (Wildman–Crippen MR) is 117 cm³/mol. The molecule has 0 fully saturated rings. The number of rotatable bonds is 11. The minimum atomic E-state index is -4.51. The molecule has 0 saturated carbocycles. The van der Waals surface area contributed by atoms with Gasteiger partial charge in [-0.25, -0.2) is 8.42 Å². The van der Waals surface area contributed by atoms with Gasteiger partial charge < -0.3 is 9.64 Å². The molecule has 0 bridgehead atoms. The number of nitrogens with zero attached hydrogens (tertiary/aromatic N) is 1. The molecule has 0 N–H and O–H groups in total. The molecule has 2 aromatic carbocycles. The molecule has 0 unspecified atom stereocenters. The zero-order chi connectivity index (χ0) is 24.5. The first kappa shape index (κ1) is 26.4. The third kappa shape index (κ3) is 9.25. The van der Waals surface area contributed by atoms with Crippen LogP contribution in [0.15, 0.2) is 54.6 Å². The Bertz CT molecular complexity index is 1020. The number of alkyl halides is 3. The molecule has 0 radical (unpaired) electrons. The molecule has 0 heterocycles. The van der Waals surface area contributed by atoms with Crippen LogP contribution in [0.3, 0.4) is 0 Å². The van der Waals surface area contributed by atoms with Crippen LogP contribution in [-0.4, -0.2) is 49.9 Å². The summed E-state index contributed by atoms with van der Waals surface area (Å²) in [6.07, 6.45) is -3.64. The zero-order valence-corrected chi connectivity index (χ0v) is 19.0. The Morgan fingerprint density at radius 1 is 0.970 bits per heavy atom. The number of aryl methyl sites for hydroxylation is 1. The Kier molecular flexibility index (Phi) is 9.45. The van der Waals surface area contributed by atoms with E-state index in [4.69, 9.17) is 4.74 Å². The molecule has 0 atom stereocenters. The molecule has 2 aromatic rings. The first-order chi connectivity index (χ1) is 15.5. The molecule has 0 aromatic heterocycles. The maximum absolute atomic E-state index is 12.8. The molecule has 0 aliphatic carbocycles. The van der Waals surface area contributed by atoms with Crippen LogP contribution in [0.5, 0.6) is 0 Å². The summed E-state index contributed by atoms with van der Waals surface area (Å²) in [6.45, 7) is 0.915. The highest BCUT2D eigenvalue weighted by molar-refractivity contribution is 7.92. The van der Waals surface area contributed by atoms with Gasteiger partial charge in [0, 0.05) is 6.54 Å². The van der Waals surface area contributed by atoms with Crippen molar-refractivity contribution in [1.29, 1.82) is 0 Å². The van der Waals surface area contributed by atoms with Crippen molar-refractivity contribution in [2.75, 3.05) is 24.7 Å². The predicted octanol–water partition coefficient (Wildman–Crippen LogP) is 3.64. The average molecular weight is 486 g/mol. The summed E-state index contributed by atoms with van der Waals surface area (Å²) in [5.41, 5.74) is 0.447. The molecule has 6 nitrogen and oxygen atoms in total. The van der Waals surface area contributed by atoms with Crippen molar-refractivity contribution in [3.8, 4) is 0 Å². The number of esters is 1. The van der Waals surface area contributed by atoms with Gasteiger partial charge >= 0.3 is 12.1 Å². The van der Waals surface area contributed by atoms with E-state index in [1.807, 2.05) is 30.3 Å². The largest absolute Gasteiger partial charge is 0.465 e. The van der Waals surface area contributed by atoms with Crippen LogP contribution in [0.1, 0.15) is 30.0 Å². The number of amides is 1. The van der Waals surface area contributed by atoms with E-state index >= 15 is 0 Å². The Labute approximate surface area is 191 Å². The summed E-state index contributed by atoms with van der Waals surface area (Å²) in [7, 11) is -3.75. The summed E-state index contributed by atoms with van der Waals surface area (Å²) in [6, 6.07) is 13.4. The monoisotopic (exact) mass is 485 g/mol. The molecular weight excluding hydrogens is 459 g/mol. The van der Waals surface area contributed by atoms with Crippen LogP contribution in [-0.2, 0) is 43.3 Å². The van der Waals surface area contributed by atoms with Crippen molar-refractivity contribution in [1.82, 2.24) is 4.90 Å². The van der Waals surface area contributed by atoms with Crippen molar-refractivity contribution in [3.05, 3.63) is 71.3 Å². The summed E-state index contributed by atoms with van der Waals surface area (Å²) >= 11 is 0. The lowest BCUT2D eigenvalue weighted by Crippen LogP contribution is -2.39. The second-order valence-electron chi connectivity index (χ2n) is 7.43. The Morgan fingerprint density at radius 3 is 2.18 bits per heavy atom. The highest BCUT2D eigenvalue weighted by Gasteiger charge is 2.30. The molecule has 0 spiro atoms. The first-order valence-electron chi connectivity index (χ1n) is 10.3. The highest BCUT2D eigenvalue weighted by atomic mass is 32.2. The van der Waals surface area contributed by atoms with Gasteiger partial charge in [0.25, 0.3) is 0 Å². The van der Waals surface area contributed by atoms with Crippen LogP contribution in [0.2, 0.25) is 0 Å². The van der Waals surface area contributed by atoms with E-state index < -0.39 is 45.8 Å². The molecule has 1 amide bonds. The van der Waals surface area contributed by atoms with Gasteiger partial charge in [0.1, 0.15) is 12.3 Å². The maximum Gasteiger partial charge on any atom is 0.416 e. The standard InChI is InChI=1S/C23H26F3NO5S/c1-2-32-22(29)16-27(15-19-10-12-20(13-11-19)23(24,25)26)21(28)17-33(30,31)14-6-9-18-7-4-3-5-8-18/h3-5,7-8,10-13H,2,6,9,14-17H2,1H3. The summed E-state index contributed by atoms with van der Waals surface area (Å²) < 4.78 is 68.1. The lowest BCUT2D eigenvalue weighted by Gasteiger charge is -2.22. The number of carbonyl (C=O) groups excluding carboxylic acids is 2. The van der Waals surface area contributed by atoms with Gasteiger partial charge in [-0.15, -0.1) is 0 Å². The van der Waals surface area contributed by atoms with Crippen molar-refractivity contribution in [3.63, 3.8) is 0 Å². The van der Waals surface area contributed by atoms with Crippen LogP contribution >= 0.6 is 0 Å². The first-order valence-corrected chi connectivity index (χ1v) is 12.2. The smallest absolute Gasteiger partial charge is 0.416 e. The summed E-state index contributed by atoms with van der Waals surface area (Å²) in [4.78, 5) is 25.6. The number of benzene rings is 2. The molecular formula is C23H26F3NO5S. The second-order valence-corrected chi connectivity index (χ2v) is 9.61. The molecule has 0 saturated heterocycles. The van der Waals surface area contributed by atoms with Gasteiger partial charge in [-0.1, -0.05) is 42.5 Å². The van der Waals surface area contributed by atoms with E-state index in [9.17, 15) is 31.2 Å². The van der Waals surface area contributed by atoms with Crippen LogP contribution in [0.25, 0.3) is 0 Å². The van der Waals surface area contributed by atoms with Gasteiger partial charge in [-0.05, 0) is 43.0 Å². The lowest BCUT2D eigenvalue weighted by molar-refractivity contribution is -0.148. The van der Waals surface area contributed by atoms with Crippen LogP contribution in [0.4, 0.5) is 13.2 Å². The van der Waals surface area contributed by atoms with E-state index in [0.717, 1.165) is 22.6 Å². The van der Waals surface area contributed by atoms with Gasteiger partial charge in [0.2, 0.25) is 5.91 Å². The number of carbonyl (C=O) groups is 2. The molecule has 180 valence electrons. The third-order valence-electron chi connectivity index (χ3n) is 4.74. The maximum atomic E-state index is 12.8. The van der Waals surface area contributed by atoms with Crippen molar-refractivity contribution in [2.24, 2.45) is 0 Å². The SMILES string of the molecule is CCOC(=O)CN(Cc1ccc(C(F)(F)F)cc1)C(=O)CS(=O)(=O)CCCc1ccccc1. The molecule has 2 rings (SSSR count). The van der Waals surface area contributed by atoms with Gasteiger partial charge in [0.05, 0.1) is 17.9 Å². The van der Waals surface area contributed by atoms with E-state index in [1.54, 1.807) is 6.92 Å². The topological polar surface area (TPSA) is 80.8 Å². The van der Waals surface area contributed by atoms with Crippen molar-refractivity contribution < 1.29 is 35.9 Å². The number of ether oxygens (including phenoxy) is 1. The molecule has 33 heavy (non-hydrogen) atoms. The Balaban J connectivity index is 2.05. The average Bonchev–Trinajstić information content (AvgIpc) is 2.73. The van der Waals surface area contributed by atoms with E-state index in [1.165, 1.54) is 12.1 Å². The van der Waals surface area contributed by atoms with E-state index in [0.29, 0.717) is 18.4 Å². The fourth-order valence-corrected chi connectivity index (χ4v) is 4.39. The Morgan fingerprint density at radius 2 is 1.61 bits per heavy atom. The number of halogens is 3. The second kappa shape index (κ2) is 11.8. The molecule has 0 aliphatic rings. The number of sulfone groups is 1. The van der Waals surface area contributed by atoms with E-state index in [-0.39, 0.29) is 18.9 Å². The fraction of sp³-hybridized carbons (Fsp3) is 0.391. The van der Waals surface area contributed by atoms with Gasteiger partial charge in [-0.2, -0.15) is 13.2 Å².